The molecule has 1 aromatic carbocycles. The zero-order chi connectivity index (χ0) is 16.8. The van der Waals surface area contributed by atoms with Gasteiger partial charge in [0.1, 0.15) is 5.75 Å². The van der Waals surface area contributed by atoms with Crippen molar-refractivity contribution in [2.24, 2.45) is 5.92 Å². The fraction of sp³-hybridized carbons (Fsp3) is 0.474. The Morgan fingerprint density at radius 2 is 2.04 bits per heavy atom. The molecule has 2 aromatic rings. The zero-order valence-corrected chi connectivity index (χ0v) is 14.2. The molecule has 1 aromatic heterocycles. The van der Waals surface area contributed by atoms with Gasteiger partial charge in [-0.1, -0.05) is 18.2 Å². The van der Waals surface area contributed by atoms with Crippen molar-refractivity contribution in [1.29, 1.82) is 0 Å². The van der Waals surface area contributed by atoms with E-state index < -0.39 is 0 Å². The van der Waals surface area contributed by atoms with E-state index in [1.165, 1.54) is 11.8 Å². The monoisotopic (exact) mass is 327 g/mol. The maximum absolute atomic E-state index is 11.3. The van der Waals surface area contributed by atoms with Crippen molar-refractivity contribution >= 4 is 0 Å². The van der Waals surface area contributed by atoms with E-state index in [1.807, 2.05) is 18.2 Å². The van der Waals surface area contributed by atoms with Crippen molar-refractivity contribution in [1.82, 2.24) is 14.9 Å². The molecule has 5 heteroatoms. The Morgan fingerprint density at radius 1 is 1.25 bits per heavy atom. The van der Waals surface area contributed by atoms with E-state index in [2.05, 4.69) is 27.9 Å². The second-order valence-electron chi connectivity index (χ2n) is 6.53. The van der Waals surface area contributed by atoms with Gasteiger partial charge < -0.3 is 14.6 Å². The first kappa shape index (κ1) is 16.7. The van der Waals surface area contributed by atoms with E-state index in [4.69, 9.17) is 4.74 Å². The van der Waals surface area contributed by atoms with Crippen LogP contribution in [0.5, 0.6) is 5.75 Å². The summed E-state index contributed by atoms with van der Waals surface area (Å²) in [5.74, 6) is 1.62. The number of aromatic nitrogens is 2. The standard InChI is InChI=1S/C19H25N3O2/c1-15-4-2-3-5-18(15)24-14-16-6-9-22(10-7-16)11-8-17-12-20-13-19(23)21-17/h2-5,12-13,16H,6-11,14H2,1H3,(H,21,23). The maximum atomic E-state index is 11.3. The number of hydrogen-bond acceptors (Lipinski definition) is 4. The van der Waals surface area contributed by atoms with E-state index in [0.29, 0.717) is 5.92 Å². The summed E-state index contributed by atoms with van der Waals surface area (Å²) >= 11 is 0. The van der Waals surface area contributed by atoms with Crippen LogP contribution in [-0.4, -0.2) is 41.1 Å². The van der Waals surface area contributed by atoms with Crippen LogP contribution in [0.3, 0.4) is 0 Å². The van der Waals surface area contributed by atoms with Crippen LogP contribution in [0.25, 0.3) is 0 Å². The summed E-state index contributed by atoms with van der Waals surface area (Å²) in [5.41, 5.74) is 1.98. The molecular weight excluding hydrogens is 302 g/mol. The molecule has 1 saturated heterocycles. The normalized spacial score (nSPS) is 16.2. The number of para-hydroxylation sites is 1. The smallest absolute Gasteiger partial charge is 0.266 e. The number of aromatic amines is 1. The van der Waals surface area contributed by atoms with Crippen LogP contribution >= 0.6 is 0 Å². The average Bonchev–Trinajstić information content (AvgIpc) is 2.60. The third-order valence-corrected chi connectivity index (χ3v) is 4.68. The quantitative estimate of drug-likeness (QED) is 0.885. The number of rotatable bonds is 6. The fourth-order valence-corrected chi connectivity index (χ4v) is 3.13. The molecule has 0 aliphatic carbocycles. The van der Waals surface area contributed by atoms with Crippen molar-refractivity contribution in [3.63, 3.8) is 0 Å². The van der Waals surface area contributed by atoms with E-state index in [1.54, 1.807) is 6.20 Å². The molecule has 0 amide bonds. The SMILES string of the molecule is Cc1ccccc1OCC1CCN(CCc2cncc(=O)[nH]2)CC1. The van der Waals surface area contributed by atoms with Gasteiger partial charge in [0.25, 0.3) is 5.56 Å². The first-order valence-electron chi connectivity index (χ1n) is 8.65. The number of aryl methyl sites for hydroxylation is 1. The van der Waals surface area contributed by atoms with Gasteiger partial charge >= 0.3 is 0 Å². The summed E-state index contributed by atoms with van der Waals surface area (Å²) < 4.78 is 5.99. The Balaban J connectivity index is 1.39. The summed E-state index contributed by atoms with van der Waals surface area (Å²) in [7, 11) is 0. The second-order valence-corrected chi connectivity index (χ2v) is 6.53. The third-order valence-electron chi connectivity index (χ3n) is 4.68. The van der Waals surface area contributed by atoms with E-state index in [0.717, 1.165) is 56.9 Å². The third kappa shape index (κ3) is 4.68. The molecule has 24 heavy (non-hydrogen) atoms. The molecule has 3 rings (SSSR count). The highest BCUT2D eigenvalue weighted by Gasteiger charge is 2.19. The van der Waals surface area contributed by atoms with Crippen molar-refractivity contribution < 1.29 is 4.74 Å². The van der Waals surface area contributed by atoms with Crippen LogP contribution in [0, 0.1) is 12.8 Å². The summed E-state index contributed by atoms with van der Waals surface area (Å²) in [6.45, 7) is 6.03. The number of nitrogens with one attached hydrogen (secondary N) is 1. The lowest BCUT2D eigenvalue weighted by molar-refractivity contribution is 0.142. The molecule has 0 unspecified atom stereocenters. The van der Waals surface area contributed by atoms with Crippen LogP contribution < -0.4 is 10.3 Å². The van der Waals surface area contributed by atoms with Gasteiger partial charge in [-0.15, -0.1) is 0 Å². The van der Waals surface area contributed by atoms with Crippen LogP contribution in [0.4, 0.5) is 0 Å². The van der Waals surface area contributed by atoms with Gasteiger partial charge in [0, 0.05) is 24.9 Å². The number of piperidine rings is 1. The predicted octanol–water partition coefficient (Wildman–Crippen LogP) is 2.41. The number of likely N-dealkylation sites (tertiary alicyclic amines) is 1. The van der Waals surface area contributed by atoms with Crippen molar-refractivity contribution in [3.05, 3.63) is 58.3 Å². The van der Waals surface area contributed by atoms with Gasteiger partial charge in [0.05, 0.1) is 12.8 Å². The van der Waals surface area contributed by atoms with Crippen molar-refractivity contribution in [3.8, 4) is 5.75 Å². The second kappa shape index (κ2) is 8.11. The molecule has 1 N–H and O–H groups in total. The maximum Gasteiger partial charge on any atom is 0.266 e. The molecule has 1 aliphatic rings. The minimum Gasteiger partial charge on any atom is -0.493 e. The number of H-pyrrole nitrogens is 1. The van der Waals surface area contributed by atoms with Gasteiger partial charge in [0.2, 0.25) is 0 Å². The molecule has 2 heterocycles. The highest BCUT2D eigenvalue weighted by atomic mass is 16.5. The summed E-state index contributed by atoms with van der Waals surface area (Å²) in [5, 5.41) is 0. The number of nitrogens with zero attached hydrogens (tertiary/aromatic N) is 2. The van der Waals surface area contributed by atoms with Crippen LogP contribution in [-0.2, 0) is 6.42 Å². The molecule has 0 radical (unpaired) electrons. The van der Waals surface area contributed by atoms with E-state index in [9.17, 15) is 4.79 Å². The molecule has 0 saturated carbocycles. The Labute approximate surface area is 142 Å². The largest absolute Gasteiger partial charge is 0.493 e. The van der Waals surface area contributed by atoms with Crippen LogP contribution in [0.2, 0.25) is 0 Å². The molecule has 5 nitrogen and oxygen atoms in total. The minimum absolute atomic E-state index is 0.125. The number of benzene rings is 1. The van der Waals surface area contributed by atoms with Gasteiger partial charge in [0.15, 0.2) is 0 Å². The van der Waals surface area contributed by atoms with Gasteiger partial charge in [-0.3, -0.25) is 9.78 Å². The first-order chi connectivity index (χ1) is 11.7. The van der Waals surface area contributed by atoms with Gasteiger partial charge in [-0.2, -0.15) is 0 Å². The fourth-order valence-electron chi connectivity index (χ4n) is 3.13. The lowest BCUT2D eigenvalue weighted by atomic mass is 9.97. The Hall–Kier alpha value is -2.14. The highest BCUT2D eigenvalue weighted by molar-refractivity contribution is 5.31. The molecule has 1 fully saturated rings. The summed E-state index contributed by atoms with van der Waals surface area (Å²) in [4.78, 5) is 20.5. The van der Waals surface area contributed by atoms with Crippen LogP contribution in [0.1, 0.15) is 24.1 Å². The topological polar surface area (TPSA) is 58.2 Å². The Bertz CT molecular complexity index is 706. The van der Waals surface area contributed by atoms with Crippen molar-refractivity contribution in [2.45, 2.75) is 26.2 Å². The zero-order valence-electron chi connectivity index (χ0n) is 14.2. The van der Waals surface area contributed by atoms with Crippen molar-refractivity contribution in [2.75, 3.05) is 26.2 Å². The highest BCUT2D eigenvalue weighted by Crippen LogP contribution is 2.21. The average molecular weight is 327 g/mol. The molecule has 0 atom stereocenters. The summed E-state index contributed by atoms with van der Waals surface area (Å²) in [6.07, 6.45) is 6.21. The first-order valence-corrected chi connectivity index (χ1v) is 8.65. The Morgan fingerprint density at radius 3 is 2.79 bits per heavy atom. The summed E-state index contributed by atoms with van der Waals surface area (Å²) in [6, 6.07) is 8.18. The molecular formula is C19H25N3O2. The van der Waals surface area contributed by atoms with Gasteiger partial charge in [-0.25, -0.2) is 0 Å². The lowest BCUT2D eigenvalue weighted by Crippen LogP contribution is -2.37. The Kier molecular flexibility index (Phi) is 5.64. The molecule has 1 aliphatic heterocycles. The predicted molar refractivity (Wildman–Crippen MR) is 94.4 cm³/mol. The van der Waals surface area contributed by atoms with E-state index in [-0.39, 0.29) is 5.56 Å². The molecule has 0 bridgehead atoms. The molecule has 128 valence electrons. The molecule has 0 spiro atoms. The number of ether oxygens (including phenoxy) is 1. The van der Waals surface area contributed by atoms with Crippen LogP contribution in [0.15, 0.2) is 41.5 Å². The lowest BCUT2D eigenvalue weighted by Gasteiger charge is -2.31. The minimum atomic E-state index is -0.125. The van der Waals surface area contributed by atoms with E-state index >= 15 is 0 Å². The number of hydrogen-bond donors (Lipinski definition) is 1. The van der Waals surface area contributed by atoms with Gasteiger partial charge in [-0.05, 0) is 50.4 Å².